The molecule has 35 heavy (non-hydrogen) atoms. The first-order valence-corrected chi connectivity index (χ1v) is 11.8. The molecular weight excluding hydrogens is 440 g/mol. The van der Waals surface area contributed by atoms with Crippen molar-refractivity contribution in [3.63, 3.8) is 0 Å². The molecule has 0 bridgehead atoms. The van der Waals surface area contributed by atoms with Gasteiger partial charge in [0, 0.05) is 41.7 Å². The third-order valence-corrected chi connectivity index (χ3v) is 6.18. The van der Waals surface area contributed by atoms with Crippen LogP contribution < -0.4 is 10.1 Å². The Bertz CT molecular complexity index is 1450. The zero-order valence-electron chi connectivity index (χ0n) is 19.3. The number of H-pyrrole nitrogens is 1. The zero-order chi connectivity index (χ0) is 23.5. The van der Waals surface area contributed by atoms with Gasteiger partial charge in [0.05, 0.1) is 30.4 Å². The predicted molar refractivity (Wildman–Crippen MR) is 137 cm³/mol. The van der Waals surface area contributed by atoms with Gasteiger partial charge in [0.15, 0.2) is 5.82 Å². The Labute approximate surface area is 202 Å². The molecular formula is C27H26N6O2. The number of morpholine rings is 1. The summed E-state index contributed by atoms with van der Waals surface area (Å²) in [4.78, 5) is 12.1. The first-order valence-electron chi connectivity index (χ1n) is 11.8. The molecule has 2 N–H and O–H groups in total. The zero-order valence-corrected chi connectivity index (χ0v) is 19.3. The molecule has 0 atom stereocenters. The number of hydrogen-bond donors (Lipinski definition) is 2. The third kappa shape index (κ3) is 4.80. The summed E-state index contributed by atoms with van der Waals surface area (Å²) in [5.41, 5.74) is 3.74. The van der Waals surface area contributed by atoms with Gasteiger partial charge in [-0.2, -0.15) is 5.10 Å². The lowest BCUT2D eigenvalue weighted by Gasteiger charge is -2.26. The summed E-state index contributed by atoms with van der Waals surface area (Å²) in [5, 5.41) is 12.6. The van der Waals surface area contributed by atoms with Crippen LogP contribution in [-0.2, 0) is 4.74 Å². The Kier molecular flexibility index (Phi) is 5.96. The van der Waals surface area contributed by atoms with E-state index < -0.39 is 0 Å². The highest BCUT2D eigenvalue weighted by atomic mass is 16.5. The fraction of sp³-hybridized carbons (Fsp3) is 0.222. The van der Waals surface area contributed by atoms with Crippen LogP contribution in [0, 0.1) is 0 Å². The van der Waals surface area contributed by atoms with Gasteiger partial charge < -0.3 is 14.8 Å². The maximum atomic E-state index is 6.11. The molecule has 1 aliphatic heterocycles. The molecule has 3 aromatic carbocycles. The van der Waals surface area contributed by atoms with E-state index in [1.165, 1.54) is 0 Å². The van der Waals surface area contributed by atoms with E-state index in [2.05, 4.69) is 26.5 Å². The maximum absolute atomic E-state index is 6.11. The van der Waals surface area contributed by atoms with E-state index in [0.29, 0.717) is 12.4 Å². The number of fused-ring (bicyclic) bond motifs is 2. The van der Waals surface area contributed by atoms with Gasteiger partial charge in [-0.25, -0.2) is 9.97 Å². The van der Waals surface area contributed by atoms with Crippen molar-refractivity contribution in [2.45, 2.75) is 0 Å². The van der Waals surface area contributed by atoms with Crippen LogP contribution >= 0.6 is 0 Å². The van der Waals surface area contributed by atoms with Crippen LogP contribution in [-0.4, -0.2) is 64.5 Å². The quantitative estimate of drug-likeness (QED) is 0.362. The highest BCUT2D eigenvalue weighted by Crippen LogP contribution is 2.31. The van der Waals surface area contributed by atoms with E-state index in [1.807, 2.05) is 66.9 Å². The van der Waals surface area contributed by atoms with Gasteiger partial charge in [-0.05, 0) is 36.4 Å². The second-order valence-corrected chi connectivity index (χ2v) is 8.54. The molecule has 176 valence electrons. The second kappa shape index (κ2) is 9.69. The van der Waals surface area contributed by atoms with Crippen molar-refractivity contribution >= 4 is 33.3 Å². The van der Waals surface area contributed by atoms with E-state index in [-0.39, 0.29) is 0 Å². The molecule has 1 aliphatic rings. The van der Waals surface area contributed by atoms with Gasteiger partial charge in [-0.1, -0.05) is 30.3 Å². The largest absolute Gasteiger partial charge is 0.492 e. The van der Waals surface area contributed by atoms with Crippen molar-refractivity contribution in [2.75, 3.05) is 44.8 Å². The third-order valence-electron chi connectivity index (χ3n) is 6.18. The van der Waals surface area contributed by atoms with Gasteiger partial charge >= 0.3 is 0 Å². The monoisotopic (exact) mass is 466 g/mol. The van der Waals surface area contributed by atoms with E-state index in [9.17, 15) is 0 Å². The van der Waals surface area contributed by atoms with Crippen molar-refractivity contribution in [1.82, 2.24) is 25.1 Å². The Morgan fingerprint density at radius 1 is 0.971 bits per heavy atom. The molecule has 2 aromatic heterocycles. The Morgan fingerprint density at radius 2 is 1.86 bits per heavy atom. The summed E-state index contributed by atoms with van der Waals surface area (Å²) in [7, 11) is 0. The van der Waals surface area contributed by atoms with Gasteiger partial charge in [-0.15, -0.1) is 0 Å². The Balaban J connectivity index is 1.32. The fourth-order valence-corrected chi connectivity index (χ4v) is 4.28. The molecule has 0 unspecified atom stereocenters. The molecule has 8 heteroatoms. The van der Waals surface area contributed by atoms with Crippen LogP contribution in [0.2, 0.25) is 0 Å². The SMILES string of the molecule is c1ccc(-c2nc(Nc3ccc4[nH]ncc4c3)c3cc(OCCN4CCOCC4)ccc3n2)cc1. The van der Waals surface area contributed by atoms with E-state index in [0.717, 1.165) is 77.5 Å². The number of ether oxygens (including phenoxy) is 2. The number of hydrogen-bond acceptors (Lipinski definition) is 7. The number of rotatable bonds is 7. The molecule has 0 spiro atoms. The van der Waals surface area contributed by atoms with Crippen LogP contribution in [0.5, 0.6) is 5.75 Å². The number of nitrogens with one attached hydrogen (secondary N) is 2. The minimum Gasteiger partial charge on any atom is -0.492 e. The summed E-state index contributed by atoms with van der Waals surface area (Å²) < 4.78 is 11.5. The van der Waals surface area contributed by atoms with Crippen LogP contribution in [0.25, 0.3) is 33.2 Å². The van der Waals surface area contributed by atoms with E-state index >= 15 is 0 Å². The smallest absolute Gasteiger partial charge is 0.162 e. The molecule has 1 fully saturated rings. The van der Waals surface area contributed by atoms with Gasteiger partial charge in [0.1, 0.15) is 18.2 Å². The minimum absolute atomic E-state index is 0.619. The van der Waals surface area contributed by atoms with E-state index in [1.54, 1.807) is 0 Å². The lowest BCUT2D eigenvalue weighted by molar-refractivity contribution is 0.0322. The van der Waals surface area contributed by atoms with Crippen LogP contribution in [0.3, 0.4) is 0 Å². The number of aromatic amines is 1. The summed E-state index contributed by atoms with van der Waals surface area (Å²) in [6.07, 6.45) is 1.81. The van der Waals surface area contributed by atoms with Crippen LogP contribution in [0.1, 0.15) is 0 Å². The lowest BCUT2D eigenvalue weighted by atomic mass is 10.1. The molecule has 5 aromatic rings. The first kappa shape index (κ1) is 21.5. The fourth-order valence-electron chi connectivity index (χ4n) is 4.28. The summed E-state index contributed by atoms with van der Waals surface area (Å²) in [6.45, 7) is 4.97. The first-order chi connectivity index (χ1) is 17.3. The highest BCUT2D eigenvalue weighted by molar-refractivity contribution is 5.94. The summed E-state index contributed by atoms with van der Waals surface area (Å²) >= 11 is 0. The molecule has 0 radical (unpaired) electrons. The average Bonchev–Trinajstić information content (AvgIpc) is 3.38. The highest BCUT2D eigenvalue weighted by Gasteiger charge is 2.13. The molecule has 1 saturated heterocycles. The van der Waals surface area contributed by atoms with Crippen molar-refractivity contribution < 1.29 is 9.47 Å². The summed E-state index contributed by atoms with van der Waals surface area (Å²) in [6, 6.07) is 22.1. The van der Waals surface area contributed by atoms with Crippen molar-refractivity contribution in [2.24, 2.45) is 0 Å². The van der Waals surface area contributed by atoms with Crippen LogP contribution in [0.4, 0.5) is 11.5 Å². The topological polar surface area (TPSA) is 88.2 Å². The van der Waals surface area contributed by atoms with Gasteiger partial charge in [0.25, 0.3) is 0 Å². The normalized spacial score (nSPS) is 14.4. The number of anilines is 2. The van der Waals surface area contributed by atoms with Gasteiger partial charge in [-0.3, -0.25) is 10.00 Å². The molecule has 0 aliphatic carbocycles. The standard InChI is InChI=1S/C27H26N6O2/c1-2-4-19(5-3-1)26-30-25-9-7-22(35-15-12-33-10-13-34-14-11-33)17-23(25)27(31-26)29-21-6-8-24-20(16-21)18-28-32-24/h1-9,16-18H,10-15H2,(H,28,32)(H,29,30,31). The minimum atomic E-state index is 0.619. The molecule has 8 nitrogen and oxygen atoms in total. The number of aromatic nitrogens is 4. The predicted octanol–water partition coefficient (Wildman–Crippen LogP) is 4.63. The number of benzene rings is 3. The van der Waals surface area contributed by atoms with Gasteiger partial charge in [0.2, 0.25) is 0 Å². The summed E-state index contributed by atoms with van der Waals surface area (Å²) in [5.74, 6) is 2.21. The van der Waals surface area contributed by atoms with Crippen LogP contribution in [0.15, 0.2) is 72.9 Å². The van der Waals surface area contributed by atoms with E-state index in [4.69, 9.17) is 19.4 Å². The number of nitrogens with zero attached hydrogens (tertiary/aromatic N) is 4. The molecule has 0 saturated carbocycles. The Hall–Kier alpha value is -4.01. The molecule has 3 heterocycles. The Morgan fingerprint density at radius 3 is 2.74 bits per heavy atom. The second-order valence-electron chi connectivity index (χ2n) is 8.54. The van der Waals surface area contributed by atoms with Crippen molar-refractivity contribution in [3.8, 4) is 17.1 Å². The van der Waals surface area contributed by atoms with Crippen molar-refractivity contribution in [1.29, 1.82) is 0 Å². The maximum Gasteiger partial charge on any atom is 0.162 e. The van der Waals surface area contributed by atoms with Crippen molar-refractivity contribution in [3.05, 3.63) is 72.9 Å². The lowest BCUT2D eigenvalue weighted by Crippen LogP contribution is -2.38. The molecule has 0 amide bonds. The average molecular weight is 467 g/mol. The molecule has 6 rings (SSSR count).